The fourth-order valence-corrected chi connectivity index (χ4v) is 1.27. The molecular formula is C11H10N2. The molecule has 0 bridgehead atoms. The zero-order chi connectivity index (χ0) is 9.26. The van der Waals surface area contributed by atoms with Gasteiger partial charge in [-0.15, -0.1) is 0 Å². The number of nitrogens with one attached hydrogen (secondary N) is 1. The number of pyridine rings is 1. The number of hydrogen-bond donors (Lipinski definition) is 1. The number of para-hydroxylation sites is 1. The minimum absolute atomic E-state index is 0.505. The highest BCUT2D eigenvalue weighted by molar-refractivity contribution is 5.96. The van der Waals surface area contributed by atoms with E-state index < -0.39 is 0 Å². The van der Waals surface area contributed by atoms with Gasteiger partial charge in [-0.2, -0.15) is 0 Å². The van der Waals surface area contributed by atoms with E-state index >= 15 is 0 Å². The summed E-state index contributed by atoms with van der Waals surface area (Å²) in [5.41, 5.74) is 2.20. The van der Waals surface area contributed by atoms with Crippen LogP contribution in [0.4, 0.5) is 0 Å². The molecule has 1 N–H and O–H groups in total. The lowest BCUT2D eigenvalue weighted by Gasteiger charge is -1.99. The predicted octanol–water partition coefficient (Wildman–Crippen LogP) is 2.62. The molecule has 0 saturated carbocycles. The molecular weight excluding hydrogens is 160 g/mol. The Hall–Kier alpha value is -1.70. The van der Waals surface area contributed by atoms with Crippen LogP contribution in [-0.2, 0) is 0 Å². The van der Waals surface area contributed by atoms with Gasteiger partial charge in [0.05, 0.1) is 16.9 Å². The molecule has 0 spiro atoms. The molecule has 0 atom stereocenters. The smallest absolute Gasteiger partial charge is 0.0842 e. The molecule has 0 saturated heterocycles. The van der Waals surface area contributed by atoms with Crippen LogP contribution in [0.15, 0.2) is 36.4 Å². The van der Waals surface area contributed by atoms with Gasteiger partial charge in [-0.1, -0.05) is 24.3 Å². The van der Waals surface area contributed by atoms with Crippen molar-refractivity contribution in [2.75, 3.05) is 0 Å². The Balaban J connectivity index is 2.69. The molecule has 2 aromatic rings. The SMILES string of the molecule is CC(=N)c1ccc2ccccc2n1. The first kappa shape index (κ1) is 7.92. The number of hydrogen-bond acceptors (Lipinski definition) is 2. The second-order valence-corrected chi connectivity index (χ2v) is 3.01. The molecule has 0 fully saturated rings. The van der Waals surface area contributed by atoms with Gasteiger partial charge in [0.25, 0.3) is 0 Å². The first-order valence-electron chi connectivity index (χ1n) is 4.19. The number of fused-ring (bicyclic) bond motifs is 1. The summed E-state index contributed by atoms with van der Waals surface area (Å²) < 4.78 is 0. The van der Waals surface area contributed by atoms with Crippen LogP contribution in [0.25, 0.3) is 10.9 Å². The van der Waals surface area contributed by atoms with Crippen molar-refractivity contribution in [3.05, 3.63) is 42.1 Å². The van der Waals surface area contributed by atoms with E-state index in [4.69, 9.17) is 5.41 Å². The van der Waals surface area contributed by atoms with Crippen LogP contribution in [0.2, 0.25) is 0 Å². The summed E-state index contributed by atoms with van der Waals surface area (Å²) in [5, 5.41) is 8.57. The average molecular weight is 170 g/mol. The summed E-state index contributed by atoms with van der Waals surface area (Å²) in [6.07, 6.45) is 0. The Morgan fingerprint density at radius 3 is 2.69 bits per heavy atom. The van der Waals surface area contributed by atoms with Gasteiger partial charge >= 0.3 is 0 Å². The van der Waals surface area contributed by atoms with E-state index in [1.807, 2.05) is 36.4 Å². The molecule has 0 amide bonds. The number of benzene rings is 1. The predicted molar refractivity (Wildman–Crippen MR) is 54.2 cm³/mol. The largest absolute Gasteiger partial charge is 0.303 e. The van der Waals surface area contributed by atoms with Gasteiger partial charge in [-0.05, 0) is 19.1 Å². The van der Waals surface area contributed by atoms with Crippen molar-refractivity contribution in [1.29, 1.82) is 5.41 Å². The minimum Gasteiger partial charge on any atom is -0.303 e. The second-order valence-electron chi connectivity index (χ2n) is 3.01. The molecule has 0 radical (unpaired) electrons. The molecule has 0 aliphatic carbocycles. The van der Waals surface area contributed by atoms with Crippen molar-refractivity contribution in [1.82, 2.24) is 4.98 Å². The van der Waals surface area contributed by atoms with Crippen LogP contribution >= 0.6 is 0 Å². The molecule has 0 aliphatic rings. The Morgan fingerprint density at radius 2 is 1.92 bits per heavy atom. The van der Waals surface area contributed by atoms with Crippen molar-refractivity contribution in [3.63, 3.8) is 0 Å². The number of nitrogens with zero attached hydrogens (tertiary/aromatic N) is 1. The molecule has 13 heavy (non-hydrogen) atoms. The van der Waals surface area contributed by atoms with Gasteiger partial charge in [0.1, 0.15) is 0 Å². The zero-order valence-corrected chi connectivity index (χ0v) is 7.41. The standard InChI is InChI=1S/C11H10N2/c1-8(12)10-7-6-9-4-2-3-5-11(9)13-10/h2-7,12H,1H3. The lowest BCUT2D eigenvalue weighted by molar-refractivity contribution is 1.32. The molecule has 2 nitrogen and oxygen atoms in total. The van der Waals surface area contributed by atoms with Crippen LogP contribution in [0.1, 0.15) is 12.6 Å². The van der Waals surface area contributed by atoms with Crippen molar-refractivity contribution in [2.45, 2.75) is 6.92 Å². The van der Waals surface area contributed by atoms with Crippen LogP contribution < -0.4 is 0 Å². The van der Waals surface area contributed by atoms with Gasteiger partial charge in [0.15, 0.2) is 0 Å². The third kappa shape index (κ3) is 1.43. The van der Waals surface area contributed by atoms with E-state index in [1.165, 1.54) is 0 Å². The van der Waals surface area contributed by atoms with E-state index in [0.29, 0.717) is 5.71 Å². The molecule has 64 valence electrons. The molecule has 0 aliphatic heterocycles. The van der Waals surface area contributed by atoms with E-state index in [-0.39, 0.29) is 0 Å². The maximum atomic E-state index is 7.45. The Morgan fingerprint density at radius 1 is 1.15 bits per heavy atom. The average Bonchev–Trinajstić information content (AvgIpc) is 2.17. The van der Waals surface area contributed by atoms with Gasteiger partial charge in [-0.3, -0.25) is 0 Å². The molecule has 2 heteroatoms. The highest BCUT2D eigenvalue weighted by atomic mass is 14.7. The lowest BCUT2D eigenvalue weighted by Crippen LogP contribution is -1.95. The summed E-state index contributed by atoms with van der Waals surface area (Å²) in [6, 6.07) is 11.8. The highest BCUT2D eigenvalue weighted by Gasteiger charge is 1.98. The van der Waals surface area contributed by atoms with Gasteiger partial charge in [0, 0.05) is 5.39 Å². The molecule has 2 rings (SSSR count). The summed E-state index contributed by atoms with van der Waals surface area (Å²) >= 11 is 0. The Kier molecular flexibility index (Phi) is 1.81. The monoisotopic (exact) mass is 170 g/mol. The van der Waals surface area contributed by atoms with Crippen LogP contribution in [0.5, 0.6) is 0 Å². The van der Waals surface area contributed by atoms with Crippen LogP contribution in [0, 0.1) is 5.41 Å². The molecule has 1 aromatic heterocycles. The summed E-state index contributed by atoms with van der Waals surface area (Å²) in [5.74, 6) is 0. The normalized spacial score (nSPS) is 10.2. The van der Waals surface area contributed by atoms with E-state index in [9.17, 15) is 0 Å². The van der Waals surface area contributed by atoms with E-state index in [1.54, 1.807) is 6.92 Å². The quantitative estimate of drug-likeness (QED) is 0.656. The van der Waals surface area contributed by atoms with Crippen molar-refractivity contribution in [3.8, 4) is 0 Å². The van der Waals surface area contributed by atoms with E-state index in [2.05, 4.69) is 4.98 Å². The molecule has 0 unspecified atom stereocenters. The highest BCUT2D eigenvalue weighted by Crippen LogP contribution is 2.11. The first-order valence-corrected chi connectivity index (χ1v) is 4.19. The summed E-state index contributed by atoms with van der Waals surface area (Å²) in [6.45, 7) is 1.75. The number of aromatic nitrogens is 1. The maximum Gasteiger partial charge on any atom is 0.0842 e. The minimum atomic E-state index is 0.505. The first-order chi connectivity index (χ1) is 6.27. The van der Waals surface area contributed by atoms with Gasteiger partial charge < -0.3 is 5.41 Å². The maximum absolute atomic E-state index is 7.45. The van der Waals surface area contributed by atoms with Crippen LogP contribution in [-0.4, -0.2) is 10.7 Å². The van der Waals surface area contributed by atoms with E-state index in [0.717, 1.165) is 16.6 Å². The topological polar surface area (TPSA) is 36.7 Å². The van der Waals surface area contributed by atoms with Gasteiger partial charge in [0.2, 0.25) is 0 Å². The zero-order valence-electron chi connectivity index (χ0n) is 7.41. The second kappa shape index (κ2) is 2.98. The van der Waals surface area contributed by atoms with Crippen molar-refractivity contribution < 1.29 is 0 Å². The van der Waals surface area contributed by atoms with Crippen LogP contribution in [0.3, 0.4) is 0 Å². The third-order valence-electron chi connectivity index (χ3n) is 1.98. The Labute approximate surface area is 76.7 Å². The number of rotatable bonds is 1. The molecule has 1 aromatic carbocycles. The Bertz CT molecular complexity index is 460. The van der Waals surface area contributed by atoms with Crippen molar-refractivity contribution in [2.24, 2.45) is 0 Å². The van der Waals surface area contributed by atoms with Gasteiger partial charge in [-0.25, -0.2) is 4.98 Å². The third-order valence-corrected chi connectivity index (χ3v) is 1.98. The fourth-order valence-electron chi connectivity index (χ4n) is 1.27. The fraction of sp³-hybridized carbons (Fsp3) is 0.0909. The lowest BCUT2D eigenvalue weighted by atomic mass is 10.2. The molecule has 1 heterocycles. The summed E-state index contributed by atoms with van der Waals surface area (Å²) in [4.78, 5) is 4.35. The summed E-state index contributed by atoms with van der Waals surface area (Å²) in [7, 11) is 0. The van der Waals surface area contributed by atoms with Crippen molar-refractivity contribution >= 4 is 16.6 Å².